The van der Waals surface area contributed by atoms with Gasteiger partial charge in [-0.05, 0) is 0 Å². The van der Waals surface area contributed by atoms with Crippen LogP contribution in [0.4, 0.5) is 0 Å². The van der Waals surface area contributed by atoms with Gasteiger partial charge < -0.3 is 29.3 Å². The summed E-state index contributed by atoms with van der Waals surface area (Å²) in [5, 5.41) is 19.5. The number of phosphoric acid groups is 1. The van der Waals surface area contributed by atoms with E-state index in [4.69, 9.17) is 9.63 Å². The van der Waals surface area contributed by atoms with Gasteiger partial charge in [-0.15, -0.1) is 0 Å². The predicted molar refractivity (Wildman–Crippen MR) is 63.0 cm³/mol. The number of nitrogens with zero attached hydrogens (tertiary/aromatic N) is 1. The number of aromatic nitrogens is 2. The molecule has 11 nitrogen and oxygen atoms in total. The number of rotatable bonds is 4. The Morgan fingerprint density at radius 1 is 1.41 bits per heavy atom. The van der Waals surface area contributed by atoms with Gasteiger partial charge in [-0.1, -0.05) is 0 Å². The Labute approximate surface area is 145 Å². The number of nitrogens with one attached hydrogen (secondary N) is 1. The van der Waals surface area contributed by atoms with Crippen molar-refractivity contribution in [1.29, 1.82) is 0 Å². The molecule has 1 aliphatic heterocycles. The number of hydrogen-bond acceptors (Lipinski definition) is 8. The molecule has 1 saturated heterocycles. The van der Waals surface area contributed by atoms with E-state index >= 15 is 0 Å². The number of phosphoric ester groups is 1. The molecule has 1 fully saturated rings. The van der Waals surface area contributed by atoms with Gasteiger partial charge in [-0.25, -0.2) is 4.79 Å². The number of ether oxygens (including phenoxy) is 1. The van der Waals surface area contributed by atoms with E-state index in [-0.39, 0.29) is 29.6 Å². The minimum absolute atomic E-state index is 0. The molecular formula is C9H12N2NaO9P. The predicted octanol–water partition coefficient (Wildman–Crippen LogP) is -6.36. The van der Waals surface area contributed by atoms with Crippen molar-refractivity contribution in [2.45, 2.75) is 24.5 Å². The Kier molecular flexibility index (Phi) is 6.72. The standard InChI is InChI=1S/C9H13N2O9P.Na/c12-5-1-2-11(9(15)10-5)8-7(14)6(13)4(20-8)3-19-21(16,17)18;/h1-2,4,6-8,13-14H,3H2,(H,10,12,15)(H2,16,17,18);/q;+1/p-1/t4-,6-,7-,8-;/m0./s1. The third kappa shape index (κ3) is 4.59. The quantitative estimate of drug-likeness (QED) is 0.305. The molecule has 5 atom stereocenters. The van der Waals surface area contributed by atoms with Gasteiger partial charge in [0.2, 0.25) is 0 Å². The van der Waals surface area contributed by atoms with E-state index in [1.165, 1.54) is 0 Å². The van der Waals surface area contributed by atoms with E-state index in [1.54, 1.807) is 0 Å². The average molecular weight is 346 g/mol. The molecule has 1 aromatic rings. The van der Waals surface area contributed by atoms with Gasteiger partial charge in [0.25, 0.3) is 13.4 Å². The van der Waals surface area contributed by atoms with Crippen LogP contribution in [0, 0.1) is 0 Å². The summed E-state index contributed by atoms with van der Waals surface area (Å²) in [5.74, 6) is 0. The van der Waals surface area contributed by atoms with Gasteiger partial charge in [0.15, 0.2) is 6.23 Å². The first-order valence-corrected chi connectivity index (χ1v) is 7.20. The molecule has 22 heavy (non-hydrogen) atoms. The summed E-state index contributed by atoms with van der Waals surface area (Å²) in [6.07, 6.45) is -4.71. The van der Waals surface area contributed by atoms with Crippen molar-refractivity contribution in [2.24, 2.45) is 0 Å². The molecule has 1 aromatic heterocycles. The van der Waals surface area contributed by atoms with Crippen molar-refractivity contribution in [3.8, 4) is 0 Å². The molecule has 0 spiro atoms. The summed E-state index contributed by atoms with van der Waals surface area (Å²) in [6.45, 7) is -0.746. The van der Waals surface area contributed by atoms with Crippen LogP contribution >= 0.6 is 7.82 Å². The first-order chi connectivity index (χ1) is 9.69. The van der Waals surface area contributed by atoms with Crippen molar-refractivity contribution >= 4 is 7.82 Å². The van der Waals surface area contributed by atoms with Crippen LogP contribution in [0.5, 0.6) is 0 Å². The van der Waals surface area contributed by atoms with E-state index < -0.39 is 50.2 Å². The number of hydrogen-bond donors (Lipinski definition) is 4. The minimum atomic E-state index is -5.01. The second-order valence-corrected chi connectivity index (χ2v) is 5.52. The van der Waals surface area contributed by atoms with Crippen molar-refractivity contribution in [2.75, 3.05) is 6.61 Å². The molecule has 0 aromatic carbocycles. The van der Waals surface area contributed by atoms with Crippen LogP contribution in [0.3, 0.4) is 0 Å². The first kappa shape index (κ1) is 19.7. The zero-order chi connectivity index (χ0) is 15.8. The fourth-order valence-electron chi connectivity index (χ4n) is 1.89. The van der Waals surface area contributed by atoms with E-state index in [2.05, 4.69) is 4.52 Å². The molecule has 1 aliphatic rings. The van der Waals surface area contributed by atoms with Gasteiger partial charge in [0, 0.05) is 12.3 Å². The third-order valence-electron chi connectivity index (χ3n) is 2.86. The van der Waals surface area contributed by atoms with Crippen molar-refractivity contribution in [3.63, 3.8) is 0 Å². The molecule has 118 valence electrons. The van der Waals surface area contributed by atoms with Crippen molar-refractivity contribution in [1.82, 2.24) is 9.55 Å². The Hall–Kier alpha value is -0.330. The van der Waals surface area contributed by atoms with Gasteiger partial charge in [0.05, 0.1) is 6.61 Å². The average Bonchev–Trinajstić information content (AvgIpc) is 2.64. The molecule has 2 heterocycles. The fraction of sp³-hybridized carbons (Fsp3) is 0.556. The Balaban J connectivity index is 0.00000242. The molecular weight excluding hydrogens is 334 g/mol. The molecule has 2 rings (SSSR count). The number of H-pyrrole nitrogens is 1. The number of aliphatic hydroxyl groups excluding tert-OH is 2. The minimum Gasteiger partial charge on any atom is -0.756 e. The summed E-state index contributed by atoms with van der Waals surface area (Å²) in [4.78, 5) is 43.4. The number of aliphatic hydroxyl groups is 2. The summed E-state index contributed by atoms with van der Waals surface area (Å²) in [6, 6.07) is 1.01. The maximum atomic E-state index is 11.6. The van der Waals surface area contributed by atoms with Gasteiger partial charge in [-0.2, -0.15) is 0 Å². The summed E-state index contributed by atoms with van der Waals surface area (Å²) < 4.78 is 20.5. The van der Waals surface area contributed by atoms with Crippen LogP contribution in [-0.4, -0.2) is 49.6 Å². The zero-order valence-corrected chi connectivity index (χ0v) is 14.3. The topological polar surface area (TPSA) is 174 Å². The van der Waals surface area contributed by atoms with E-state index in [0.29, 0.717) is 0 Å². The Morgan fingerprint density at radius 3 is 2.59 bits per heavy atom. The molecule has 13 heteroatoms. The Morgan fingerprint density at radius 2 is 2.05 bits per heavy atom. The second kappa shape index (κ2) is 7.49. The van der Waals surface area contributed by atoms with Crippen LogP contribution < -0.4 is 45.7 Å². The summed E-state index contributed by atoms with van der Waals surface area (Å²) in [7, 11) is -5.01. The molecule has 0 bridgehead atoms. The van der Waals surface area contributed by atoms with Crippen LogP contribution in [0.15, 0.2) is 21.9 Å². The third-order valence-corrected chi connectivity index (χ3v) is 3.34. The monoisotopic (exact) mass is 346 g/mol. The number of aromatic amines is 1. The van der Waals surface area contributed by atoms with Gasteiger partial charge in [0.1, 0.15) is 18.3 Å². The van der Waals surface area contributed by atoms with Crippen LogP contribution in [0.25, 0.3) is 0 Å². The maximum absolute atomic E-state index is 11.6. The maximum Gasteiger partial charge on any atom is 1.00 e. The normalized spacial score (nSPS) is 30.5. The van der Waals surface area contributed by atoms with E-state index in [1.807, 2.05) is 4.98 Å². The SMILES string of the molecule is O=c1ccn([C@H]2O[C@@H](COP(=O)([O-])O)[C@H](O)[C@@H]2O)c(=O)[nH]1.[Na+]. The molecule has 0 aliphatic carbocycles. The van der Waals surface area contributed by atoms with Crippen LogP contribution in [-0.2, 0) is 13.8 Å². The van der Waals surface area contributed by atoms with E-state index in [0.717, 1.165) is 16.8 Å². The van der Waals surface area contributed by atoms with E-state index in [9.17, 15) is 29.3 Å². The van der Waals surface area contributed by atoms with Crippen molar-refractivity contribution in [3.05, 3.63) is 33.1 Å². The fourth-order valence-corrected chi connectivity index (χ4v) is 2.23. The van der Waals surface area contributed by atoms with Crippen LogP contribution in [0.2, 0.25) is 0 Å². The molecule has 0 amide bonds. The summed E-state index contributed by atoms with van der Waals surface area (Å²) >= 11 is 0. The second-order valence-electron chi connectivity index (χ2n) is 4.33. The smallest absolute Gasteiger partial charge is 0.756 e. The Bertz CT molecular complexity index is 670. The van der Waals surface area contributed by atoms with Crippen LogP contribution in [0.1, 0.15) is 6.23 Å². The van der Waals surface area contributed by atoms with Gasteiger partial charge >= 0.3 is 35.2 Å². The summed E-state index contributed by atoms with van der Waals surface area (Å²) in [5.41, 5.74) is -1.53. The molecule has 1 unspecified atom stereocenters. The first-order valence-electron chi connectivity index (χ1n) is 5.70. The zero-order valence-electron chi connectivity index (χ0n) is 11.4. The van der Waals surface area contributed by atoms with Crippen molar-refractivity contribution < 1.29 is 63.4 Å². The molecule has 0 radical (unpaired) electrons. The van der Waals surface area contributed by atoms with Gasteiger partial charge in [-0.3, -0.25) is 18.9 Å². The molecule has 0 saturated carbocycles. The largest absolute Gasteiger partial charge is 1.00 e. The molecule has 4 N–H and O–H groups in total.